The molecule has 6 nitrogen and oxygen atoms in total. The third-order valence-electron chi connectivity index (χ3n) is 5.42. The molecule has 1 fully saturated rings. The van der Waals surface area contributed by atoms with E-state index in [0.29, 0.717) is 13.0 Å². The van der Waals surface area contributed by atoms with Crippen LogP contribution in [0.4, 0.5) is 17.1 Å². The Bertz CT molecular complexity index is 856. The van der Waals surface area contributed by atoms with Crippen molar-refractivity contribution in [3.8, 4) is 0 Å². The van der Waals surface area contributed by atoms with Crippen LogP contribution >= 0.6 is 0 Å². The van der Waals surface area contributed by atoms with Crippen molar-refractivity contribution in [2.75, 3.05) is 48.3 Å². The Balaban J connectivity index is 1.43. The van der Waals surface area contributed by atoms with Crippen LogP contribution in [0.3, 0.4) is 0 Å². The SMILES string of the molecule is CC(=O)Nc1ccc(NCCC(=O)N2CCN(c3cccc(C)c3C)CC2)cc1. The number of hydrogen-bond acceptors (Lipinski definition) is 4. The molecular formula is C23H30N4O2. The minimum atomic E-state index is -0.0889. The molecule has 2 N–H and O–H groups in total. The molecule has 0 bridgehead atoms. The average Bonchev–Trinajstić information content (AvgIpc) is 2.71. The fourth-order valence-corrected chi connectivity index (χ4v) is 3.62. The van der Waals surface area contributed by atoms with Crippen molar-refractivity contribution in [2.45, 2.75) is 27.2 Å². The van der Waals surface area contributed by atoms with E-state index in [-0.39, 0.29) is 11.8 Å². The molecule has 6 heteroatoms. The lowest BCUT2D eigenvalue weighted by atomic mass is 10.1. The minimum Gasteiger partial charge on any atom is -0.385 e. The largest absolute Gasteiger partial charge is 0.385 e. The summed E-state index contributed by atoms with van der Waals surface area (Å²) in [7, 11) is 0. The molecule has 1 saturated heterocycles. The van der Waals surface area contributed by atoms with Gasteiger partial charge in [-0.1, -0.05) is 12.1 Å². The van der Waals surface area contributed by atoms with Crippen LogP contribution in [-0.2, 0) is 9.59 Å². The van der Waals surface area contributed by atoms with Crippen molar-refractivity contribution in [3.63, 3.8) is 0 Å². The Labute approximate surface area is 172 Å². The number of nitrogens with one attached hydrogen (secondary N) is 2. The predicted molar refractivity (Wildman–Crippen MR) is 119 cm³/mol. The Morgan fingerprint density at radius 1 is 0.931 bits per heavy atom. The van der Waals surface area contributed by atoms with Gasteiger partial charge in [0.05, 0.1) is 0 Å². The van der Waals surface area contributed by atoms with Gasteiger partial charge in [-0.05, 0) is 55.3 Å². The van der Waals surface area contributed by atoms with Crippen molar-refractivity contribution in [1.29, 1.82) is 0 Å². The molecule has 1 aliphatic heterocycles. The molecule has 0 atom stereocenters. The van der Waals surface area contributed by atoms with E-state index in [4.69, 9.17) is 0 Å². The highest BCUT2D eigenvalue weighted by molar-refractivity contribution is 5.88. The summed E-state index contributed by atoms with van der Waals surface area (Å²) in [5.74, 6) is 0.0990. The molecule has 2 aromatic rings. The molecule has 0 aliphatic carbocycles. The second-order valence-corrected chi connectivity index (χ2v) is 7.52. The maximum atomic E-state index is 12.5. The van der Waals surface area contributed by atoms with Crippen LogP contribution in [0.5, 0.6) is 0 Å². The number of carbonyl (C=O) groups is 2. The van der Waals surface area contributed by atoms with Crippen LogP contribution in [0, 0.1) is 13.8 Å². The van der Waals surface area contributed by atoms with E-state index in [2.05, 4.69) is 47.6 Å². The van der Waals surface area contributed by atoms with E-state index in [1.54, 1.807) is 0 Å². The molecule has 0 saturated carbocycles. The van der Waals surface area contributed by atoms with Gasteiger partial charge in [0.2, 0.25) is 11.8 Å². The predicted octanol–water partition coefficient (Wildman–Crippen LogP) is 3.41. The number of benzene rings is 2. The summed E-state index contributed by atoms with van der Waals surface area (Å²) in [4.78, 5) is 27.9. The number of aryl methyl sites for hydroxylation is 1. The zero-order chi connectivity index (χ0) is 20.8. The Morgan fingerprint density at radius 3 is 2.24 bits per heavy atom. The molecule has 0 aromatic heterocycles. The smallest absolute Gasteiger partial charge is 0.224 e. The number of amides is 2. The van der Waals surface area contributed by atoms with E-state index < -0.39 is 0 Å². The molecule has 0 spiro atoms. The summed E-state index contributed by atoms with van der Waals surface area (Å²) in [6, 6.07) is 13.9. The second kappa shape index (κ2) is 9.45. The van der Waals surface area contributed by atoms with Gasteiger partial charge in [0.25, 0.3) is 0 Å². The summed E-state index contributed by atoms with van der Waals surface area (Å²) in [5.41, 5.74) is 5.60. The first kappa shape index (κ1) is 20.7. The normalized spacial score (nSPS) is 13.9. The van der Waals surface area contributed by atoms with Gasteiger partial charge in [-0.25, -0.2) is 0 Å². The number of hydrogen-bond donors (Lipinski definition) is 2. The topological polar surface area (TPSA) is 64.7 Å². The van der Waals surface area contributed by atoms with Crippen molar-refractivity contribution in [1.82, 2.24) is 4.90 Å². The molecule has 29 heavy (non-hydrogen) atoms. The van der Waals surface area contributed by atoms with Gasteiger partial charge in [0, 0.05) is 63.1 Å². The van der Waals surface area contributed by atoms with Crippen molar-refractivity contribution in [3.05, 3.63) is 53.6 Å². The Hall–Kier alpha value is -3.02. The van der Waals surface area contributed by atoms with Crippen molar-refractivity contribution in [2.24, 2.45) is 0 Å². The highest BCUT2D eigenvalue weighted by Crippen LogP contribution is 2.24. The molecule has 154 valence electrons. The standard InChI is InChI=1S/C23H30N4O2/c1-17-5-4-6-22(18(17)2)26-13-15-27(16-14-26)23(29)11-12-24-20-7-9-21(10-8-20)25-19(3)28/h4-10,24H,11-16H2,1-3H3,(H,25,28). The van der Waals surface area contributed by atoms with Gasteiger partial charge in [0.15, 0.2) is 0 Å². The number of anilines is 3. The lowest BCUT2D eigenvalue weighted by molar-refractivity contribution is -0.131. The molecule has 2 aromatic carbocycles. The van der Waals surface area contributed by atoms with Crippen LogP contribution < -0.4 is 15.5 Å². The summed E-state index contributed by atoms with van der Waals surface area (Å²) in [6.45, 7) is 9.64. The maximum absolute atomic E-state index is 12.5. The van der Waals surface area contributed by atoms with Gasteiger partial charge in [0.1, 0.15) is 0 Å². The van der Waals surface area contributed by atoms with Crippen LogP contribution in [0.15, 0.2) is 42.5 Å². The molecule has 1 heterocycles. The highest BCUT2D eigenvalue weighted by atomic mass is 16.2. The van der Waals surface area contributed by atoms with Gasteiger partial charge >= 0.3 is 0 Å². The van der Waals surface area contributed by atoms with E-state index in [1.165, 1.54) is 23.7 Å². The number of carbonyl (C=O) groups excluding carboxylic acids is 2. The number of rotatable bonds is 6. The molecule has 0 radical (unpaired) electrons. The van der Waals surface area contributed by atoms with Crippen molar-refractivity contribution < 1.29 is 9.59 Å². The first-order valence-electron chi connectivity index (χ1n) is 10.1. The van der Waals surface area contributed by atoms with Gasteiger partial charge in [-0.15, -0.1) is 0 Å². The maximum Gasteiger partial charge on any atom is 0.224 e. The highest BCUT2D eigenvalue weighted by Gasteiger charge is 2.21. The van der Waals surface area contributed by atoms with Crippen LogP contribution in [0.1, 0.15) is 24.5 Å². The zero-order valence-corrected chi connectivity index (χ0v) is 17.5. The second-order valence-electron chi connectivity index (χ2n) is 7.52. The number of nitrogens with zero attached hydrogens (tertiary/aromatic N) is 2. The number of piperazine rings is 1. The van der Waals surface area contributed by atoms with E-state index >= 15 is 0 Å². The third kappa shape index (κ3) is 5.50. The van der Waals surface area contributed by atoms with Gasteiger partial charge < -0.3 is 20.4 Å². The summed E-state index contributed by atoms with van der Waals surface area (Å²) in [6.07, 6.45) is 0.469. The Kier molecular flexibility index (Phi) is 6.75. The van der Waals surface area contributed by atoms with E-state index in [9.17, 15) is 9.59 Å². The van der Waals surface area contributed by atoms with Crippen LogP contribution in [0.2, 0.25) is 0 Å². The van der Waals surface area contributed by atoms with Crippen LogP contribution in [-0.4, -0.2) is 49.4 Å². The fourth-order valence-electron chi connectivity index (χ4n) is 3.62. The molecule has 3 rings (SSSR count). The van der Waals surface area contributed by atoms with Crippen LogP contribution in [0.25, 0.3) is 0 Å². The van der Waals surface area contributed by atoms with Gasteiger partial charge in [-0.2, -0.15) is 0 Å². The van der Waals surface area contributed by atoms with Crippen molar-refractivity contribution >= 4 is 28.9 Å². The minimum absolute atomic E-state index is 0.0889. The Morgan fingerprint density at radius 2 is 1.59 bits per heavy atom. The average molecular weight is 395 g/mol. The van der Waals surface area contributed by atoms with E-state index in [0.717, 1.165) is 37.6 Å². The molecular weight excluding hydrogens is 364 g/mol. The fraction of sp³-hybridized carbons (Fsp3) is 0.391. The quantitative estimate of drug-likeness (QED) is 0.788. The molecule has 2 amide bonds. The lowest BCUT2D eigenvalue weighted by Crippen LogP contribution is -2.49. The first-order chi connectivity index (χ1) is 13.9. The monoisotopic (exact) mass is 394 g/mol. The third-order valence-corrected chi connectivity index (χ3v) is 5.42. The summed E-state index contributed by atoms with van der Waals surface area (Å²) >= 11 is 0. The summed E-state index contributed by atoms with van der Waals surface area (Å²) in [5, 5.41) is 6.01. The zero-order valence-electron chi connectivity index (χ0n) is 17.5. The first-order valence-corrected chi connectivity index (χ1v) is 10.1. The molecule has 1 aliphatic rings. The molecule has 0 unspecified atom stereocenters. The lowest BCUT2D eigenvalue weighted by Gasteiger charge is -2.37. The van der Waals surface area contributed by atoms with E-state index in [1.807, 2.05) is 29.2 Å². The van der Waals surface area contributed by atoms with Gasteiger partial charge in [-0.3, -0.25) is 9.59 Å². The summed E-state index contributed by atoms with van der Waals surface area (Å²) < 4.78 is 0.